The second-order valence-corrected chi connectivity index (χ2v) is 13.7. The van der Waals surface area contributed by atoms with Crippen LogP contribution in [0.2, 0.25) is 16.6 Å². The third-order valence-electron chi connectivity index (χ3n) is 5.78. The monoisotopic (exact) mass is 378 g/mol. The van der Waals surface area contributed by atoms with E-state index in [0.717, 1.165) is 11.3 Å². The fourth-order valence-corrected chi connectivity index (χ4v) is 10.2. The van der Waals surface area contributed by atoms with E-state index < -0.39 is 8.32 Å². The van der Waals surface area contributed by atoms with Crippen molar-refractivity contribution in [3.05, 3.63) is 29.8 Å². The van der Waals surface area contributed by atoms with Crippen molar-refractivity contribution in [3.63, 3.8) is 0 Å². The van der Waals surface area contributed by atoms with Gasteiger partial charge in [-0.05, 0) is 34.3 Å². The molecule has 0 N–H and O–H groups in total. The molecule has 146 valence electrons. The van der Waals surface area contributed by atoms with Crippen LogP contribution in [0.5, 0.6) is 5.75 Å². The molecule has 1 aliphatic rings. The van der Waals surface area contributed by atoms with Gasteiger partial charge in [0.15, 0.2) is 0 Å². The van der Waals surface area contributed by atoms with Crippen LogP contribution in [0.25, 0.3) is 0 Å². The molecule has 1 fully saturated rings. The van der Waals surface area contributed by atoms with Gasteiger partial charge in [0.2, 0.25) is 8.32 Å². The molecule has 2 rings (SSSR count). The van der Waals surface area contributed by atoms with E-state index >= 15 is 0 Å². The first-order chi connectivity index (χ1) is 12.2. The summed E-state index contributed by atoms with van der Waals surface area (Å²) in [5.41, 5.74) is 2.52. The number of benzene rings is 1. The zero-order chi connectivity index (χ0) is 19.5. The Bertz CT molecular complexity index is 590. The van der Waals surface area contributed by atoms with E-state index in [4.69, 9.17) is 13.9 Å². The smallest absolute Gasteiger partial charge is 0.306 e. The number of hydrogen-bond acceptors (Lipinski definition) is 4. The molecule has 0 spiro atoms. The predicted molar refractivity (Wildman–Crippen MR) is 107 cm³/mol. The normalized spacial score (nSPS) is 19.3. The summed E-state index contributed by atoms with van der Waals surface area (Å²) in [6.45, 7) is 14.1. The highest BCUT2D eigenvalue weighted by molar-refractivity contribution is 6.77. The fourth-order valence-electron chi connectivity index (χ4n) is 4.61. The number of cyclic esters (lactones) is 1. The van der Waals surface area contributed by atoms with Gasteiger partial charge >= 0.3 is 5.97 Å². The molecule has 0 aliphatic carbocycles. The summed E-state index contributed by atoms with van der Waals surface area (Å²) in [5.74, 6) is 0.738. The number of carbonyl (C=O) groups excluding carboxylic acids is 1. The summed E-state index contributed by atoms with van der Waals surface area (Å²) in [6, 6.07) is 8.05. The van der Waals surface area contributed by atoms with Crippen molar-refractivity contribution in [2.24, 2.45) is 5.92 Å². The lowest BCUT2D eigenvalue weighted by Crippen LogP contribution is -2.49. The molecule has 0 amide bonds. The number of hydrogen-bond donors (Lipinski definition) is 0. The second kappa shape index (κ2) is 8.57. The Morgan fingerprint density at radius 3 is 2.15 bits per heavy atom. The van der Waals surface area contributed by atoms with Gasteiger partial charge in [0.1, 0.15) is 5.75 Å². The first-order valence-corrected chi connectivity index (χ1v) is 11.8. The van der Waals surface area contributed by atoms with Crippen LogP contribution in [0.4, 0.5) is 0 Å². The summed E-state index contributed by atoms with van der Waals surface area (Å²) >= 11 is 0. The molecule has 0 aromatic heterocycles. The van der Waals surface area contributed by atoms with Crippen LogP contribution in [0, 0.1) is 5.92 Å². The van der Waals surface area contributed by atoms with Crippen molar-refractivity contribution in [2.45, 2.75) is 70.7 Å². The average Bonchev–Trinajstić information content (AvgIpc) is 3.01. The fraction of sp³-hybridized carbons (Fsp3) is 0.667. The minimum absolute atomic E-state index is 0.0535. The van der Waals surface area contributed by atoms with Crippen molar-refractivity contribution in [3.8, 4) is 5.75 Å². The third kappa shape index (κ3) is 4.15. The molecule has 1 heterocycles. The molecule has 26 heavy (non-hydrogen) atoms. The summed E-state index contributed by atoms with van der Waals surface area (Å²) in [5, 5.41) is 0. The molecule has 4 nitrogen and oxygen atoms in total. The summed E-state index contributed by atoms with van der Waals surface area (Å²) in [4.78, 5) is 11.8. The minimum atomic E-state index is -2.10. The molecule has 1 saturated heterocycles. The van der Waals surface area contributed by atoms with E-state index in [2.05, 4.69) is 47.6 Å². The van der Waals surface area contributed by atoms with Gasteiger partial charge < -0.3 is 13.9 Å². The van der Waals surface area contributed by atoms with Crippen LogP contribution in [0.3, 0.4) is 0 Å². The first-order valence-electron chi connectivity index (χ1n) is 9.69. The topological polar surface area (TPSA) is 44.8 Å². The average molecular weight is 379 g/mol. The van der Waals surface area contributed by atoms with Gasteiger partial charge in [0, 0.05) is 5.92 Å². The van der Waals surface area contributed by atoms with Crippen LogP contribution in [0.15, 0.2) is 24.3 Å². The van der Waals surface area contributed by atoms with Crippen LogP contribution < -0.4 is 4.74 Å². The van der Waals surface area contributed by atoms with Crippen molar-refractivity contribution in [1.29, 1.82) is 0 Å². The molecule has 1 aromatic carbocycles. The summed E-state index contributed by atoms with van der Waals surface area (Å²) < 4.78 is 17.8. The van der Waals surface area contributed by atoms with Crippen molar-refractivity contribution < 1.29 is 18.7 Å². The van der Waals surface area contributed by atoms with E-state index in [0.29, 0.717) is 29.7 Å². The van der Waals surface area contributed by atoms with E-state index in [9.17, 15) is 4.79 Å². The molecule has 0 saturated carbocycles. The lowest BCUT2D eigenvalue weighted by Gasteiger charge is -2.45. The molecular weight excluding hydrogens is 344 g/mol. The number of rotatable bonds is 8. The van der Waals surface area contributed by atoms with Gasteiger partial charge in [-0.15, -0.1) is 0 Å². The molecule has 1 aliphatic heterocycles. The Balaban J connectivity index is 2.47. The van der Waals surface area contributed by atoms with E-state index in [1.54, 1.807) is 7.11 Å². The van der Waals surface area contributed by atoms with Gasteiger partial charge in [-0.25, -0.2) is 0 Å². The van der Waals surface area contributed by atoms with Crippen molar-refractivity contribution >= 4 is 14.3 Å². The van der Waals surface area contributed by atoms with Crippen molar-refractivity contribution in [1.82, 2.24) is 0 Å². The van der Waals surface area contributed by atoms with Crippen LogP contribution in [0.1, 0.15) is 59.6 Å². The Morgan fingerprint density at radius 2 is 1.69 bits per heavy atom. The number of carbonyl (C=O) groups is 1. The van der Waals surface area contributed by atoms with Gasteiger partial charge in [0.25, 0.3) is 0 Å². The SMILES string of the molecule is COc1cccc([C@H](O[Si](C(C)C)(C(C)C)C(C)C)[C@H]2COC(=O)C2)c1. The van der Waals surface area contributed by atoms with E-state index in [1.165, 1.54) is 0 Å². The zero-order valence-electron chi connectivity index (χ0n) is 17.2. The maximum Gasteiger partial charge on any atom is 0.306 e. The van der Waals surface area contributed by atoms with Gasteiger partial charge in [-0.1, -0.05) is 53.7 Å². The van der Waals surface area contributed by atoms with Gasteiger partial charge in [-0.2, -0.15) is 0 Å². The lowest BCUT2D eigenvalue weighted by atomic mass is 9.95. The summed E-state index contributed by atoms with van der Waals surface area (Å²) in [6.07, 6.45) is 0.274. The second-order valence-electron chi connectivity index (χ2n) is 8.28. The van der Waals surface area contributed by atoms with E-state index in [-0.39, 0.29) is 18.0 Å². The number of esters is 1. The third-order valence-corrected chi connectivity index (χ3v) is 11.9. The Labute approximate surface area is 159 Å². The van der Waals surface area contributed by atoms with Gasteiger partial charge in [-0.3, -0.25) is 4.79 Å². The quantitative estimate of drug-likeness (QED) is 0.443. The Hall–Kier alpha value is -1.33. The van der Waals surface area contributed by atoms with E-state index in [1.807, 2.05) is 18.2 Å². The molecule has 2 atom stereocenters. The highest BCUT2D eigenvalue weighted by atomic mass is 28.4. The maximum absolute atomic E-state index is 11.8. The first kappa shape index (κ1) is 21.0. The minimum Gasteiger partial charge on any atom is -0.497 e. The van der Waals surface area contributed by atoms with Crippen LogP contribution >= 0.6 is 0 Å². The Kier molecular flexibility index (Phi) is 6.91. The van der Waals surface area contributed by atoms with Gasteiger partial charge in [0.05, 0.1) is 26.2 Å². The summed E-state index contributed by atoms with van der Waals surface area (Å²) in [7, 11) is -0.425. The molecule has 0 unspecified atom stereocenters. The molecule has 5 heteroatoms. The lowest BCUT2D eigenvalue weighted by molar-refractivity contribution is -0.137. The van der Waals surface area contributed by atoms with Crippen molar-refractivity contribution in [2.75, 3.05) is 13.7 Å². The largest absolute Gasteiger partial charge is 0.497 e. The van der Waals surface area contributed by atoms with Crippen LogP contribution in [-0.4, -0.2) is 28.0 Å². The predicted octanol–water partition coefficient (Wildman–Crippen LogP) is 5.49. The zero-order valence-corrected chi connectivity index (χ0v) is 18.2. The molecule has 0 bridgehead atoms. The number of methoxy groups -OCH3 is 1. The number of ether oxygens (including phenoxy) is 2. The van der Waals surface area contributed by atoms with Crippen LogP contribution in [-0.2, 0) is 14.0 Å². The molecular formula is C21H34O4Si. The molecule has 1 aromatic rings. The molecule has 0 radical (unpaired) electrons. The standard InChI is InChI=1S/C21H34O4Si/c1-14(2)26(15(3)4,16(5)6)25-21(18-12-20(22)24-13-18)17-9-8-10-19(11-17)23-7/h8-11,14-16,18,21H,12-13H2,1-7H3/t18-,21+/m1/s1. The highest BCUT2D eigenvalue weighted by Crippen LogP contribution is 2.47. The Morgan fingerprint density at radius 1 is 1.08 bits per heavy atom. The highest BCUT2D eigenvalue weighted by Gasteiger charge is 2.48. The maximum atomic E-state index is 11.8.